The van der Waals surface area contributed by atoms with E-state index in [0.29, 0.717) is 27.1 Å². The quantitative estimate of drug-likeness (QED) is 0.297. The number of halogens is 2. The van der Waals surface area contributed by atoms with Gasteiger partial charge < -0.3 is 19.8 Å². The number of nitrogens with one attached hydrogen (secondary N) is 2. The van der Waals surface area contributed by atoms with Crippen molar-refractivity contribution in [3.05, 3.63) is 64.3 Å². The van der Waals surface area contributed by atoms with Crippen molar-refractivity contribution >= 4 is 35.1 Å². The van der Waals surface area contributed by atoms with Crippen LogP contribution in [0.25, 0.3) is 22.6 Å². The van der Waals surface area contributed by atoms with Crippen LogP contribution in [0, 0.1) is 0 Å². The zero-order valence-electron chi connectivity index (χ0n) is 19.4. The van der Waals surface area contributed by atoms with Crippen molar-refractivity contribution in [1.82, 2.24) is 15.3 Å². The largest absolute Gasteiger partial charge is 0.463 e. The van der Waals surface area contributed by atoms with Gasteiger partial charge in [0, 0.05) is 23.1 Å². The van der Waals surface area contributed by atoms with Gasteiger partial charge in [0.05, 0.1) is 29.5 Å². The van der Waals surface area contributed by atoms with Crippen molar-refractivity contribution in [2.24, 2.45) is 0 Å². The van der Waals surface area contributed by atoms with Crippen LogP contribution in [0.4, 0.5) is 0 Å². The van der Waals surface area contributed by atoms with Gasteiger partial charge >= 0.3 is 5.97 Å². The van der Waals surface area contributed by atoms with E-state index >= 15 is 0 Å². The Bertz CT molecular complexity index is 1180. The van der Waals surface area contributed by atoms with Gasteiger partial charge in [0.15, 0.2) is 5.69 Å². The molecule has 0 radical (unpaired) electrons. The number of imidazole rings is 1. The van der Waals surface area contributed by atoms with Crippen LogP contribution < -0.4 is 5.32 Å². The molecule has 2 atom stereocenters. The van der Waals surface area contributed by atoms with Crippen LogP contribution in [0.15, 0.2) is 48.5 Å². The van der Waals surface area contributed by atoms with E-state index in [1.807, 2.05) is 30.3 Å². The first kappa shape index (κ1) is 25.2. The van der Waals surface area contributed by atoms with E-state index in [1.54, 1.807) is 18.2 Å². The van der Waals surface area contributed by atoms with Crippen molar-refractivity contribution in [3.8, 4) is 22.6 Å². The van der Waals surface area contributed by atoms with Crippen LogP contribution in [-0.4, -0.2) is 47.2 Å². The van der Waals surface area contributed by atoms with Crippen LogP contribution in [0.5, 0.6) is 0 Å². The predicted molar refractivity (Wildman–Crippen MR) is 136 cm³/mol. The molecule has 3 aromatic rings. The van der Waals surface area contributed by atoms with E-state index in [1.165, 1.54) is 6.92 Å². The lowest BCUT2D eigenvalue weighted by Crippen LogP contribution is -2.46. The fraction of sp³-hybridized carbons (Fsp3) is 0.346. The van der Waals surface area contributed by atoms with Crippen molar-refractivity contribution in [2.75, 3.05) is 13.2 Å². The highest BCUT2D eigenvalue weighted by Gasteiger charge is 2.30. The third-order valence-corrected chi connectivity index (χ3v) is 6.50. The number of hydrogen-bond acceptors (Lipinski definition) is 5. The van der Waals surface area contributed by atoms with Crippen LogP contribution in [0.2, 0.25) is 10.0 Å². The second-order valence-corrected chi connectivity index (χ2v) is 9.25. The minimum atomic E-state index is -0.343. The summed E-state index contributed by atoms with van der Waals surface area (Å²) in [6.45, 7) is 1.84. The monoisotopic (exact) mass is 515 g/mol. The van der Waals surface area contributed by atoms with Crippen LogP contribution in [0.1, 0.15) is 43.1 Å². The van der Waals surface area contributed by atoms with E-state index in [9.17, 15) is 9.59 Å². The summed E-state index contributed by atoms with van der Waals surface area (Å²) in [4.78, 5) is 32.4. The van der Waals surface area contributed by atoms with Crippen molar-refractivity contribution in [2.45, 2.75) is 44.8 Å². The number of benzene rings is 2. The molecule has 1 fully saturated rings. The summed E-state index contributed by atoms with van der Waals surface area (Å²) in [5, 5.41) is 4.25. The molecule has 184 valence electrons. The third kappa shape index (κ3) is 6.42. The molecular weight excluding hydrogens is 489 g/mol. The maximum atomic E-state index is 13.5. The molecule has 35 heavy (non-hydrogen) atoms. The highest BCUT2D eigenvalue weighted by atomic mass is 35.5. The number of hydrogen-bond donors (Lipinski definition) is 2. The molecular formula is C26H27Cl2N3O4. The molecule has 4 rings (SSSR count). The van der Waals surface area contributed by atoms with Crippen molar-refractivity contribution < 1.29 is 19.1 Å². The first-order valence-electron chi connectivity index (χ1n) is 11.6. The lowest BCUT2D eigenvalue weighted by atomic mass is 9.92. The minimum Gasteiger partial charge on any atom is -0.463 e. The first-order valence-corrected chi connectivity index (χ1v) is 12.3. The maximum Gasteiger partial charge on any atom is 0.302 e. The molecule has 0 spiro atoms. The summed E-state index contributed by atoms with van der Waals surface area (Å²) >= 11 is 12.5. The van der Waals surface area contributed by atoms with Crippen LogP contribution in [-0.2, 0) is 14.3 Å². The Morgan fingerprint density at radius 2 is 1.80 bits per heavy atom. The normalized spacial score (nSPS) is 17.7. The van der Waals surface area contributed by atoms with Gasteiger partial charge in [-0.25, -0.2) is 4.98 Å². The Hall–Kier alpha value is -2.87. The number of esters is 1. The second kappa shape index (κ2) is 11.7. The first-order chi connectivity index (χ1) is 16.9. The summed E-state index contributed by atoms with van der Waals surface area (Å²) in [5.41, 5.74) is 2.33. The molecule has 7 nitrogen and oxygen atoms in total. The summed E-state index contributed by atoms with van der Waals surface area (Å²) < 4.78 is 10.9. The van der Waals surface area contributed by atoms with E-state index < -0.39 is 0 Å². The van der Waals surface area contributed by atoms with Crippen LogP contribution >= 0.6 is 23.2 Å². The van der Waals surface area contributed by atoms with E-state index in [-0.39, 0.29) is 42.9 Å². The Balaban J connectivity index is 1.58. The van der Waals surface area contributed by atoms with Gasteiger partial charge in [0.1, 0.15) is 12.4 Å². The predicted octanol–water partition coefficient (Wildman–Crippen LogP) is 5.67. The molecule has 1 amide bonds. The molecule has 2 aromatic carbocycles. The Labute approximate surface area is 214 Å². The number of carbonyl (C=O) groups excluding carboxylic acids is 2. The molecule has 1 aliphatic rings. The van der Waals surface area contributed by atoms with Crippen molar-refractivity contribution in [1.29, 1.82) is 0 Å². The number of aromatic amines is 1. The highest BCUT2D eigenvalue weighted by molar-refractivity contribution is 6.33. The number of aromatic nitrogens is 2. The van der Waals surface area contributed by atoms with Gasteiger partial charge in [-0.15, -0.1) is 0 Å². The smallest absolute Gasteiger partial charge is 0.302 e. The molecule has 1 saturated carbocycles. The molecule has 1 aromatic heterocycles. The summed E-state index contributed by atoms with van der Waals surface area (Å²) in [7, 11) is 0. The van der Waals surface area contributed by atoms with Crippen LogP contribution in [0.3, 0.4) is 0 Å². The third-order valence-electron chi connectivity index (χ3n) is 5.92. The van der Waals surface area contributed by atoms with Gasteiger partial charge in [0.2, 0.25) is 0 Å². The Kier molecular flexibility index (Phi) is 8.44. The number of nitrogens with zero attached hydrogens (tertiary/aromatic N) is 1. The second-order valence-electron chi connectivity index (χ2n) is 8.41. The van der Waals surface area contributed by atoms with Gasteiger partial charge in [-0.05, 0) is 37.1 Å². The van der Waals surface area contributed by atoms with E-state index in [2.05, 4.69) is 15.3 Å². The molecule has 1 aliphatic carbocycles. The molecule has 1 heterocycles. The molecule has 0 unspecified atom stereocenters. The molecule has 0 saturated heterocycles. The number of H-pyrrole nitrogens is 1. The van der Waals surface area contributed by atoms with E-state index in [4.69, 9.17) is 32.7 Å². The number of rotatable bonds is 8. The zero-order chi connectivity index (χ0) is 24.8. The minimum absolute atomic E-state index is 0.163. The number of ether oxygens (including phenoxy) is 2. The zero-order valence-corrected chi connectivity index (χ0v) is 20.9. The number of carbonyl (C=O) groups is 2. The lowest BCUT2D eigenvalue weighted by molar-refractivity contribution is -0.143. The molecule has 9 heteroatoms. The topological polar surface area (TPSA) is 93.3 Å². The fourth-order valence-corrected chi connectivity index (χ4v) is 4.58. The summed E-state index contributed by atoms with van der Waals surface area (Å²) in [6.07, 6.45) is 3.45. The Morgan fingerprint density at radius 1 is 1.06 bits per heavy atom. The molecule has 0 aliphatic heterocycles. The number of amides is 1. The summed E-state index contributed by atoms with van der Waals surface area (Å²) in [6, 6.07) is 14.4. The van der Waals surface area contributed by atoms with Gasteiger partial charge in [-0.1, -0.05) is 60.3 Å². The lowest BCUT2D eigenvalue weighted by Gasteiger charge is -2.32. The van der Waals surface area contributed by atoms with Gasteiger partial charge in [0.25, 0.3) is 5.91 Å². The Morgan fingerprint density at radius 3 is 2.54 bits per heavy atom. The standard InChI is InChI=1S/C26H27Cl2N3O4/c1-16(32)34-14-15-35-22-9-5-4-8-21(22)29-26(33)24-23(17-10-12-18(27)13-11-17)30-25(31-24)19-6-2-3-7-20(19)28/h2-3,6-7,10-13,21-22H,4-5,8-9,14-15H2,1H3,(H,29,33)(H,30,31)/t21-,22-/m1/s1. The average Bonchev–Trinajstić information content (AvgIpc) is 3.29. The maximum absolute atomic E-state index is 13.5. The van der Waals surface area contributed by atoms with Gasteiger partial charge in [-0.3, -0.25) is 9.59 Å². The van der Waals surface area contributed by atoms with E-state index in [0.717, 1.165) is 31.2 Å². The molecule has 0 bridgehead atoms. The SMILES string of the molecule is CC(=O)OCCO[C@@H]1CCCC[C@H]1NC(=O)c1nc(-c2ccccc2Cl)[nH]c1-c1ccc(Cl)cc1. The molecule has 2 N–H and O–H groups in total. The average molecular weight is 516 g/mol. The van der Waals surface area contributed by atoms with Crippen molar-refractivity contribution in [3.63, 3.8) is 0 Å². The van der Waals surface area contributed by atoms with Gasteiger partial charge in [-0.2, -0.15) is 0 Å². The fourth-order valence-electron chi connectivity index (χ4n) is 4.23. The highest BCUT2D eigenvalue weighted by Crippen LogP contribution is 2.31. The summed E-state index contributed by atoms with van der Waals surface area (Å²) in [5.74, 6) is -0.141.